The molecule has 4 rings (SSSR count). The molecule has 5 nitrogen and oxygen atoms in total. The number of nitrogens with zero attached hydrogens (tertiary/aromatic N) is 1. The lowest BCUT2D eigenvalue weighted by Gasteiger charge is -2.30. The van der Waals surface area contributed by atoms with Gasteiger partial charge in [0.2, 0.25) is 0 Å². The van der Waals surface area contributed by atoms with Crippen LogP contribution in [0.5, 0.6) is 11.5 Å². The van der Waals surface area contributed by atoms with Crippen molar-refractivity contribution in [2.45, 2.75) is 38.8 Å². The summed E-state index contributed by atoms with van der Waals surface area (Å²) in [4.78, 5) is 17.1. The molecule has 1 N–H and O–H groups in total. The lowest BCUT2D eigenvalue weighted by atomic mass is 10.00. The number of fused-ring (bicyclic) bond motifs is 1. The highest BCUT2D eigenvalue weighted by Crippen LogP contribution is 2.40. The monoisotopic (exact) mass is 373 g/mol. The van der Waals surface area contributed by atoms with Crippen molar-refractivity contribution < 1.29 is 19.4 Å². The molecular weight excluding hydrogens is 350 g/mol. The van der Waals surface area contributed by atoms with Crippen LogP contribution in [0.3, 0.4) is 0 Å². The number of aromatic hydroxyl groups is 1. The van der Waals surface area contributed by atoms with Crippen LogP contribution in [0.4, 0.5) is 0 Å². The predicted octanol–water partition coefficient (Wildman–Crippen LogP) is 3.72. The summed E-state index contributed by atoms with van der Waals surface area (Å²) >= 11 is 1.68. The predicted molar refractivity (Wildman–Crippen MR) is 101 cm³/mol. The van der Waals surface area contributed by atoms with E-state index in [1.54, 1.807) is 22.3 Å². The van der Waals surface area contributed by atoms with Crippen LogP contribution in [0.15, 0.2) is 24.3 Å². The normalized spacial score (nSPS) is 22.6. The highest BCUT2D eigenvalue weighted by atomic mass is 32.1. The Bertz CT molecular complexity index is 838. The van der Waals surface area contributed by atoms with Gasteiger partial charge >= 0.3 is 0 Å². The number of hydrogen-bond donors (Lipinski definition) is 1. The van der Waals surface area contributed by atoms with Gasteiger partial charge in [0.05, 0.1) is 6.54 Å². The number of phenols is 1. The van der Waals surface area contributed by atoms with E-state index in [4.69, 9.17) is 9.47 Å². The number of aryl methyl sites for hydroxylation is 1. The Morgan fingerprint density at radius 1 is 1.31 bits per heavy atom. The topological polar surface area (TPSA) is 59.0 Å². The van der Waals surface area contributed by atoms with Gasteiger partial charge < -0.3 is 19.5 Å². The Labute approximate surface area is 157 Å². The quantitative estimate of drug-likeness (QED) is 0.872. The van der Waals surface area contributed by atoms with Crippen molar-refractivity contribution in [2.24, 2.45) is 0 Å². The zero-order valence-corrected chi connectivity index (χ0v) is 15.9. The summed E-state index contributed by atoms with van der Waals surface area (Å²) in [5, 5.41) is 10.5. The number of thiophene rings is 1. The number of carbonyl (C=O) groups excluding carboxylic acids is 1. The van der Waals surface area contributed by atoms with Crippen LogP contribution in [0.25, 0.3) is 10.4 Å². The zero-order chi connectivity index (χ0) is 18.3. The molecule has 0 unspecified atom stereocenters. The van der Waals surface area contributed by atoms with Crippen molar-refractivity contribution in [3.63, 3.8) is 0 Å². The number of rotatable bonds is 2. The lowest BCUT2D eigenvalue weighted by molar-refractivity contribution is -0.151. The van der Waals surface area contributed by atoms with E-state index in [0.29, 0.717) is 32.1 Å². The van der Waals surface area contributed by atoms with E-state index in [1.807, 2.05) is 13.0 Å². The van der Waals surface area contributed by atoms with E-state index < -0.39 is 5.60 Å². The number of carbonyl (C=O) groups is 1. The van der Waals surface area contributed by atoms with E-state index in [0.717, 1.165) is 28.8 Å². The maximum atomic E-state index is 13.0. The van der Waals surface area contributed by atoms with Gasteiger partial charge in [-0.2, -0.15) is 0 Å². The Balaban J connectivity index is 1.66. The summed E-state index contributed by atoms with van der Waals surface area (Å²) in [6, 6.07) is 7.87. The van der Waals surface area contributed by atoms with Crippen molar-refractivity contribution in [1.82, 2.24) is 4.90 Å². The molecule has 0 bridgehead atoms. The van der Waals surface area contributed by atoms with Crippen molar-refractivity contribution in [3.05, 3.63) is 34.7 Å². The molecule has 3 heterocycles. The third-order valence-electron chi connectivity index (χ3n) is 5.10. The largest absolute Gasteiger partial charge is 0.504 e. The van der Waals surface area contributed by atoms with Crippen LogP contribution < -0.4 is 4.74 Å². The highest BCUT2D eigenvalue weighted by Gasteiger charge is 2.41. The molecule has 2 aliphatic rings. The van der Waals surface area contributed by atoms with Crippen LogP contribution in [-0.2, 0) is 16.1 Å². The number of amides is 1. The molecule has 1 saturated heterocycles. The number of hydrogen-bond acceptors (Lipinski definition) is 5. The molecule has 2 aliphatic heterocycles. The van der Waals surface area contributed by atoms with Crippen LogP contribution >= 0.6 is 11.3 Å². The number of ether oxygens (including phenoxy) is 2. The van der Waals surface area contributed by atoms with Crippen molar-refractivity contribution >= 4 is 17.2 Å². The fourth-order valence-electron chi connectivity index (χ4n) is 3.69. The molecule has 1 aromatic heterocycles. The fraction of sp³-hybridized carbons (Fsp3) is 0.450. The third-order valence-corrected chi connectivity index (χ3v) is 6.15. The van der Waals surface area contributed by atoms with E-state index in [9.17, 15) is 9.90 Å². The summed E-state index contributed by atoms with van der Waals surface area (Å²) in [5.74, 6) is 0.610. The average molecular weight is 373 g/mol. The molecular formula is C20H23NO4S. The van der Waals surface area contributed by atoms with Gasteiger partial charge in [0.1, 0.15) is 12.2 Å². The van der Waals surface area contributed by atoms with E-state index >= 15 is 0 Å². The molecule has 26 heavy (non-hydrogen) atoms. The molecule has 138 valence electrons. The van der Waals surface area contributed by atoms with Gasteiger partial charge in [0.15, 0.2) is 11.5 Å². The smallest absolute Gasteiger partial charge is 0.254 e. The second-order valence-corrected chi connectivity index (χ2v) is 8.44. The van der Waals surface area contributed by atoms with E-state index in [-0.39, 0.29) is 11.7 Å². The SMILES string of the molecule is Cc1ccc(-c2cc(O)c3c(c2)CN(C(=O)[C@]2(C)CCCO2)CCO3)s1. The Morgan fingerprint density at radius 3 is 2.85 bits per heavy atom. The first-order chi connectivity index (χ1) is 12.5. The van der Waals surface area contributed by atoms with E-state index in [1.165, 1.54) is 4.88 Å². The second kappa shape index (κ2) is 6.59. The van der Waals surface area contributed by atoms with Crippen molar-refractivity contribution in [3.8, 4) is 21.9 Å². The van der Waals surface area contributed by atoms with Gasteiger partial charge in [0, 0.05) is 28.5 Å². The van der Waals surface area contributed by atoms with Crippen LogP contribution in [0.2, 0.25) is 0 Å². The highest BCUT2D eigenvalue weighted by molar-refractivity contribution is 7.15. The summed E-state index contributed by atoms with van der Waals surface area (Å²) in [6.45, 7) is 5.82. The molecule has 1 atom stereocenters. The van der Waals surface area contributed by atoms with Gasteiger partial charge in [-0.15, -0.1) is 11.3 Å². The van der Waals surface area contributed by atoms with Crippen LogP contribution in [0, 0.1) is 6.92 Å². The molecule has 6 heteroatoms. The average Bonchev–Trinajstić information content (AvgIpc) is 3.18. The fourth-order valence-corrected chi connectivity index (χ4v) is 4.54. The van der Waals surface area contributed by atoms with Crippen molar-refractivity contribution in [2.75, 3.05) is 19.8 Å². The first-order valence-corrected chi connectivity index (χ1v) is 9.77. The molecule has 1 aromatic carbocycles. The molecule has 0 radical (unpaired) electrons. The molecule has 0 aliphatic carbocycles. The summed E-state index contributed by atoms with van der Waals surface area (Å²) in [5.41, 5.74) is 1.04. The van der Waals surface area contributed by atoms with Gasteiger partial charge in [-0.05, 0) is 56.5 Å². The van der Waals surface area contributed by atoms with Gasteiger partial charge in [-0.25, -0.2) is 0 Å². The molecule has 1 fully saturated rings. The third kappa shape index (κ3) is 3.08. The van der Waals surface area contributed by atoms with Gasteiger partial charge in [-0.3, -0.25) is 4.79 Å². The summed E-state index contributed by atoms with van der Waals surface area (Å²) < 4.78 is 11.5. The molecule has 1 amide bonds. The van der Waals surface area contributed by atoms with Crippen molar-refractivity contribution in [1.29, 1.82) is 0 Å². The lowest BCUT2D eigenvalue weighted by Crippen LogP contribution is -2.47. The van der Waals surface area contributed by atoms with Crippen LogP contribution in [-0.4, -0.2) is 41.3 Å². The number of phenolic OH excluding ortho intramolecular Hbond substituents is 1. The Hall–Kier alpha value is -2.05. The van der Waals surface area contributed by atoms with Crippen LogP contribution in [0.1, 0.15) is 30.2 Å². The molecule has 2 aromatic rings. The second-order valence-electron chi connectivity index (χ2n) is 7.15. The van der Waals surface area contributed by atoms with Gasteiger partial charge in [-0.1, -0.05) is 0 Å². The minimum Gasteiger partial charge on any atom is -0.504 e. The summed E-state index contributed by atoms with van der Waals surface area (Å²) in [7, 11) is 0. The minimum atomic E-state index is -0.741. The summed E-state index contributed by atoms with van der Waals surface area (Å²) in [6.07, 6.45) is 1.65. The van der Waals surface area contributed by atoms with Gasteiger partial charge in [0.25, 0.3) is 5.91 Å². The zero-order valence-electron chi connectivity index (χ0n) is 15.1. The Morgan fingerprint density at radius 2 is 2.15 bits per heavy atom. The van der Waals surface area contributed by atoms with E-state index in [2.05, 4.69) is 19.1 Å². The maximum Gasteiger partial charge on any atom is 0.254 e. The molecule has 0 spiro atoms. The minimum absolute atomic E-state index is 0.00307. The first kappa shape index (κ1) is 17.4. The molecule has 0 saturated carbocycles. The number of benzene rings is 1. The first-order valence-electron chi connectivity index (χ1n) is 8.95. The maximum absolute atomic E-state index is 13.0. The Kier molecular flexibility index (Phi) is 4.40. The standard InChI is InChI=1S/C20H23NO4S/c1-13-4-5-17(26-13)14-10-15-12-21(7-9-24-18(15)16(22)11-14)19(23)20(2)6-3-8-25-20/h4-5,10-11,22H,3,6-9,12H2,1-2H3/t20-/m0/s1.